The minimum absolute atomic E-state index is 0.507. The van der Waals surface area contributed by atoms with Gasteiger partial charge in [-0.15, -0.1) is 0 Å². The lowest BCUT2D eigenvalue weighted by Crippen LogP contribution is -2.13. The van der Waals surface area contributed by atoms with Crippen LogP contribution in [-0.2, 0) is 6.42 Å². The van der Waals surface area contributed by atoms with Crippen LogP contribution >= 0.6 is 0 Å². The largest absolute Gasteiger partial charge is 0.342 e. The summed E-state index contributed by atoms with van der Waals surface area (Å²) in [6.45, 7) is 4.87. The van der Waals surface area contributed by atoms with E-state index in [1.54, 1.807) is 0 Å². The average molecular weight is 203 g/mol. The molecule has 3 N–H and O–H groups in total. The van der Waals surface area contributed by atoms with Crippen LogP contribution in [0.4, 0.5) is 0 Å². The number of aryl methyl sites for hydroxylation is 1. The Kier molecular flexibility index (Phi) is 2.73. The lowest BCUT2D eigenvalue weighted by atomic mass is 10.0. The Hall–Kier alpha value is -1.35. The van der Waals surface area contributed by atoms with Gasteiger partial charge in [-0.05, 0) is 37.4 Å². The van der Waals surface area contributed by atoms with E-state index >= 15 is 0 Å². The quantitative estimate of drug-likeness (QED) is 0.801. The zero-order valence-corrected chi connectivity index (χ0v) is 9.25. The molecule has 1 aromatic carbocycles. The Morgan fingerprint density at radius 1 is 1.47 bits per heavy atom. The third-order valence-electron chi connectivity index (χ3n) is 2.69. The predicted octanol–water partition coefficient (Wildman–Crippen LogP) is 2.01. The van der Waals surface area contributed by atoms with E-state index in [9.17, 15) is 0 Å². The molecule has 0 aliphatic heterocycles. The van der Waals surface area contributed by atoms with Crippen molar-refractivity contribution in [2.75, 3.05) is 6.54 Å². The lowest BCUT2D eigenvalue weighted by molar-refractivity contribution is 0.595. The van der Waals surface area contributed by atoms with Crippen LogP contribution in [0.15, 0.2) is 18.2 Å². The van der Waals surface area contributed by atoms with Crippen molar-refractivity contribution >= 4 is 11.0 Å². The number of hydrogen-bond acceptors (Lipinski definition) is 2. The second-order valence-electron chi connectivity index (χ2n) is 4.18. The van der Waals surface area contributed by atoms with Crippen LogP contribution in [0.5, 0.6) is 0 Å². The van der Waals surface area contributed by atoms with Crippen molar-refractivity contribution in [1.29, 1.82) is 0 Å². The van der Waals surface area contributed by atoms with Crippen molar-refractivity contribution in [1.82, 2.24) is 9.97 Å². The van der Waals surface area contributed by atoms with E-state index in [0.29, 0.717) is 5.92 Å². The van der Waals surface area contributed by atoms with Gasteiger partial charge in [0.05, 0.1) is 11.0 Å². The first kappa shape index (κ1) is 10.2. The highest BCUT2D eigenvalue weighted by Gasteiger charge is 2.07. The summed E-state index contributed by atoms with van der Waals surface area (Å²) < 4.78 is 0. The molecular formula is C12H17N3. The van der Waals surface area contributed by atoms with Crippen molar-refractivity contribution in [3.8, 4) is 0 Å². The van der Waals surface area contributed by atoms with E-state index in [-0.39, 0.29) is 0 Å². The smallest absolute Gasteiger partial charge is 0.104 e. The molecule has 2 rings (SSSR count). The van der Waals surface area contributed by atoms with Gasteiger partial charge in [-0.2, -0.15) is 0 Å². The zero-order chi connectivity index (χ0) is 10.8. The van der Waals surface area contributed by atoms with Gasteiger partial charge in [-0.3, -0.25) is 0 Å². The third-order valence-corrected chi connectivity index (χ3v) is 2.69. The number of nitrogens with two attached hydrogens (primary N) is 1. The summed E-state index contributed by atoms with van der Waals surface area (Å²) in [5.74, 6) is 1.48. The summed E-state index contributed by atoms with van der Waals surface area (Å²) in [4.78, 5) is 7.75. The molecule has 3 nitrogen and oxygen atoms in total. The van der Waals surface area contributed by atoms with Crippen molar-refractivity contribution in [2.24, 2.45) is 11.7 Å². The minimum Gasteiger partial charge on any atom is -0.342 e. The van der Waals surface area contributed by atoms with Gasteiger partial charge in [0.15, 0.2) is 0 Å². The topological polar surface area (TPSA) is 54.7 Å². The Morgan fingerprint density at radius 3 is 3.00 bits per heavy atom. The molecule has 0 amide bonds. The van der Waals surface area contributed by atoms with Crippen LogP contribution in [0, 0.1) is 12.8 Å². The molecule has 3 heteroatoms. The van der Waals surface area contributed by atoms with Crippen LogP contribution in [0.1, 0.15) is 18.3 Å². The molecule has 0 bridgehead atoms. The van der Waals surface area contributed by atoms with Crippen LogP contribution in [-0.4, -0.2) is 16.5 Å². The number of para-hydroxylation sites is 1. The summed E-state index contributed by atoms with van der Waals surface area (Å²) in [6.07, 6.45) is 0.998. The second-order valence-corrected chi connectivity index (χ2v) is 4.18. The lowest BCUT2D eigenvalue weighted by Gasteiger charge is -2.08. The Morgan fingerprint density at radius 2 is 2.27 bits per heavy atom. The summed E-state index contributed by atoms with van der Waals surface area (Å²) in [7, 11) is 0. The maximum Gasteiger partial charge on any atom is 0.104 e. The first-order valence-corrected chi connectivity index (χ1v) is 5.35. The SMILES string of the molecule is Cc1nc2c(CC(C)CN)cccc2[nH]1. The highest BCUT2D eigenvalue weighted by Crippen LogP contribution is 2.18. The molecule has 80 valence electrons. The van der Waals surface area contributed by atoms with Gasteiger partial charge in [0.1, 0.15) is 5.82 Å². The first-order valence-electron chi connectivity index (χ1n) is 5.35. The van der Waals surface area contributed by atoms with Gasteiger partial charge in [0, 0.05) is 0 Å². The number of fused-ring (bicyclic) bond motifs is 1. The summed E-state index contributed by atoms with van der Waals surface area (Å²) in [5.41, 5.74) is 9.14. The highest BCUT2D eigenvalue weighted by atomic mass is 14.9. The molecule has 1 unspecified atom stereocenters. The zero-order valence-electron chi connectivity index (χ0n) is 9.25. The van der Waals surface area contributed by atoms with Gasteiger partial charge < -0.3 is 10.7 Å². The van der Waals surface area contributed by atoms with Crippen LogP contribution in [0.3, 0.4) is 0 Å². The van der Waals surface area contributed by atoms with E-state index in [1.807, 2.05) is 6.92 Å². The molecule has 0 radical (unpaired) electrons. The number of nitrogens with zero attached hydrogens (tertiary/aromatic N) is 1. The highest BCUT2D eigenvalue weighted by molar-refractivity contribution is 5.78. The summed E-state index contributed by atoms with van der Waals surface area (Å²) in [6, 6.07) is 6.26. The Labute approximate surface area is 89.7 Å². The number of H-pyrrole nitrogens is 1. The van der Waals surface area contributed by atoms with Crippen molar-refractivity contribution in [3.05, 3.63) is 29.6 Å². The molecule has 0 aliphatic carbocycles. The molecule has 2 aromatic rings. The summed E-state index contributed by atoms with van der Waals surface area (Å²) >= 11 is 0. The van der Waals surface area contributed by atoms with E-state index in [0.717, 1.165) is 29.8 Å². The van der Waals surface area contributed by atoms with Gasteiger partial charge >= 0.3 is 0 Å². The molecular weight excluding hydrogens is 186 g/mol. The number of benzene rings is 1. The molecule has 0 aliphatic rings. The fourth-order valence-corrected chi connectivity index (χ4v) is 1.84. The molecule has 0 saturated carbocycles. The van der Waals surface area contributed by atoms with Gasteiger partial charge in [0.2, 0.25) is 0 Å². The number of rotatable bonds is 3. The van der Waals surface area contributed by atoms with E-state index in [1.165, 1.54) is 5.56 Å². The maximum absolute atomic E-state index is 5.64. The van der Waals surface area contributed by atoms with Gasteiger partial charge in [-0.25, -0.2) is 4.98 Å². The first-order chi connectivity index (χ1) is 7.20. The standard InChI is InChI=1S/C12H17N3/c1-8(7-13)6-10-4-3-5-11-12(10)15-9(2)14-11/h3-5,8H,6-7,13H2,1-2H3,(H,14,15). The van der Waals surface area contributed by atoms with E-state index in [4.69, 9.17) is 5.73 Å². The summed E-state index contributed by atoms with van der Waals surface area (Å²) in [5, 5.41) is 0. The molecule has 0 spiro atoms. The van der Waals surface area contributed by atoms with Crippen molar-refractivity contribution in [3.63, 3.8) is 0 Å². The monoisotopic (exact) mass is 203 g/mol. The molecule has 1 aromatic heterocycles. The number of aromatic nitrogens is 2. The molecule has 15 heavy (non-hydrogen) atoms. The van der Waals surface area contributed by atoms with Crippen molar-refractivity contribution in [2.45, 2.75) is 20.3 Å². The van der Waals surface area contributed by atoms with Crippen LogP contribution in [0.2, 0.25) is 0 Å². The Bertz CT molecular complexity index is 459. The Balaban J connectivity index is 2.41. The number of aromatic amines is 1. The number of imidazole rings is 1. The average Bonchev–Trinajstić information content (AvgIpc) is 2.59. The van der Waals surface area contributed by atoms with Gasteiger partial charge in [-0.1, -0.05) is 19.1 Å². The van der Waals surface area contributed by atoms with Crippen LogP contribution < -0.4 is 5.73 Å². The molecule has 1 atom stereocenters. The van der Waals surface area contributed by atoms with E-state index < -0.39 is 0 Å². The fourth-order valence-electron chi connectivity index (χ4n) is 1.84. The fraction of sp³-hybridized carbons (Fsp3) is 0.417. The third kappa shape index (κ3) is 2.02. The van der Waals surface area contributed by atoms with Crippen molar-refractivity contribution < 1.29 is 0 Å². The normalized spacial score (nSPS) is 13.3. The van der Waals surface area contributed by atoms with E-state index in [2.05, 4.69) is 35.1 Å². The molecule has 1 heterocycles. The molecule has 0 fully saturated rings. The second kappa shape index (κ2) is 4.03. The molecule has 0 saturated heterocycles. The number of nitrogens with one attached hydrogen (secondary N) is 1. The number of hydrogen-bond donors (Lipinski definition) is 2. The minimum atomic E-state index is 0.507. The maximum atomic E-state index is 5.64. The van der Waals surface area contributed by atoms with Gasteiger partial charge in [0.25, 0.3) is 0 Å². The van der Waals surface area contributed by atoms with Crippen LogP contribution in [0.25, 0.3) is 11.0 Å². The predicted molar refractivity (Wildman–Crippen MR) is 62.8 cm³/mol.